The summed E-state index contributed by atoms with van der Waals surface area (Å²) in [5.41, 5.74) is 7.27. The fourth-order valence-corrected chi connectivity index (χ4v) is 3.93. The molecule has 1 saturated heterocycles. The summed E-state index contributed by atoms with van der Waals surface area (Å²) < 4.78 is 0. The molecule has 1 aromatic rings. The maximum atomic E-state index is 12.9. The van der Waals surface area contributed by atoms with Crippen molar-refractivity contribution in [3.05, 3.63) is 35.4 Å². The van der Waals surface area contributed by atoms with Gasteiger partial charge in [-0.3, -0.25) is 9.59 Å². The summed E-state index contributed by atoms with van der Waals surface area (Å²) >= 11 is 0. The molecule has 21 heavy (non-hydrogen) atoms. The van der Waals surface area contributed by atoms with E-state index in [1.807, 2.05) is 31.2 Å². The van der Waals surface area contributed by atoms with Crippen LogP contribution in [0.15, 0.2) is 24.3 Å². The first-order chi connectivity index (χ1) is 10.1. The number of aryl methyl sites for hydroxylation is 1. The highest BCUT2D eigenvalue weighted by Gasteiger charge is 2.46. The Morgan fingerprint density at radius 3 is 2.71 bits per heavy atom. The summed E-state index contributed by atoms with van der Waals surface area (Å²) in [6.07, 6.45) is 5.15. The Morgan fingerprint density at radius 1 is 1.24 bits per heavy atom. The molecule has 1 aliphatic carbocycles. The van der Waals surface area contributed by atoms with E-state index in [9.17, 15) is 9.59 Å². The molecule has 1 heterocycles. The Morgan fingerprint density at radius 2 is 2.00 bits per heavy atom. The van der Waals surface area contributed by atoms with Crippen LogP contribution in [0.2, 0.25) is 0 Å². The average molecular weight is 286 g/mol. The highest BCUT2D eigenvalue weighted by Crippen LogP contribution is 2.40. The zero-order valence-corrected chi connectivity index (χ0v) is 12.4. The van der Waals surface area contributed by atoms with Crippen molar-refractivity contribution in [1.29, 1.82) is 0 Å². The number of nitrogens with zero attached hydrogens (tertiary/aromatic N) is 1. The smallest absolute Gasteiger partial charge is 0.254 e. The molecular formula is C17H22N2O2. The van der Waals surface area contributed by atoms with Crippen molar-refractivity contribution in [1.82, 2.24) is 4.90 Å². The number of primary amides is 1. The lowest BCUT2D eigenvalue weighted by Gasteiger charge is -2.33. The fraction of sp³-hybridized carbons (Fsp3) is 0.529. The molecule has 112 valence electrons. The van der Waals surface area contributed by atoms with Crippen molar-refractivity contribution >= 4 is 11.8 Å². The van der Waals surface area contributed by atoms with Crippen LogP contribution in [0.4, 0.5) is 0 Å². The highest BCUT2D eigenvalue weighted by atomic mass is 16.2. The second-order valence-electron chi connectivity index (χ2n) is 6.35. The van der Waals surface area contributed by atoms with Crippen LogP contribution in [-0.4, -0.2) is 28.8 Å². The molecule has 2 fully saturated rings. The summed E-state index contributed by atoms with van der Waals surface area (Å²) in [7, 11) is 0. The first-order valence-corrected chi connectivity index (χ1v) is 7.76. The van der Waals surface area contributed by atoms with E-state index in [0.717, 1.165) is 31.2 Å². The highest BCUT2D eigenvalue weighted by molar-refractivity contribution is 5.98. The predicted octanol–water partition coefficient (Wildman–Crippen LogP) is 2.25. The van der Waals surface area contributed by atoms with Gasteiger partial charge in [-0.15, -0.1) is 0 Å². The van der Waals surface area contributed by atoms with Gasteiger partial charge in [0.2, 0.25) is 5.91 Å². The molecule has 3 atom stereocenters. The molecule has 0 spiro atoms. The predicted molar refractivity (Wildman–Crippen MR) is 80.7 cm³/mol. The third-order valence-electron chi connectivity index (χ3n) is 4.92. The van der Waals surface area contributed by atoms with Gasteiger partial charge in [-0.25, -0.2) is 0 Å². The largest absolute Gasteiger partial charge is 0.368 e. The van der Waals surface area contributed by atoms with E-state index in [1.165, 1.54) is 6.42 Å². The third kappa shape index (κ3) is 2.55. The van der Waals surface area contributed by atoms with Gasteiger partial charge in [0.25, 0.3) is 5.91 Å². The zero-order valence-electron chi connectivity index (χ0n) is 12.4. The molecule has 4 heteroatoms. The van der Waals surface area contributed by atoms with E-state index in [4.69, 9.17) is 5.73 Å². The SMILES string of the molecule is Cc1cccc(C(=O)N2[C@@H]3CCCC[C@H]3C[C@H]2C(N)=O)c1. The number of nitrogens with two attached hydrogens (primary N) is 1. The minimum Gasteiger partial charge on any atom is -0.368 e. The first kappa shape index (κ1) is 14.1. The Hall–Kier alpha value is -1.84. The molecule has 0 unspecified atom stereocenters. The summed E-state index contributed by atoms with van der Waals surface area (Å²) in [6.45, 7) is 1.97. The van der Waals surface area contributed by atoms with E-state index < -0.39 is 6.04 Å². The van der Waals surface area contributed by atoms with E-state index >= 15 is 0 Å². The van der Waals surface area contributed by atoms with Crippen LogP contribution in [0, 0.1) is 12.8 Å². The Kier molecular flexibility index (Phi) is 3.70. The molecule has 3 rings (SSSR count). The van der Waals surface area contributed by atoms with Gasteiger partial charge in [0, 0.05) is 11.6 Å². The van der Waals surface area contributed by atoms with Crippen LogP contribution in [-0.2, 0) is 4.79 Å². The summed E-state index contributed by atoms with van der Waals surface area (Å²) in [5.74, 6) is 0.0207. The van der Waals surface area contributed by atoms with E-state index in [-0.39, 0.29) is 17.9 Å². The van der Waals surface area contributed by atoms with Crippen molar-refractivity contribution in [3.63, 3.8) is 0 Å². The Bertz CT molecular complexity index is 570. The van der Waals surface area contributed by atoms with Gasteiger partial charge in [0.05, 0.1) is 0 Å². The minimum absolute atomic E-state index is 0.0445. The number of hydrogen-bond donors (Lipinski definition) is 1. The molecule has 1 saturated carbocycles. The van der Waals surface area contributed by atoms with Crippen molar-refractivity contribution in [2.24, 2.45) is 11.7 Å². The molecule has 1 aromatic carbocycles. The lowest BCUT2D eigenvalue weighted by Crippen LogP contribution is -2.48. The summed E-state index contributed by atoms with van der Waals surface area (Å²) in [5, 5.41) is 0. The maximum absolute atomic E-state index is 12.9. The van der Waals surface area contributed by atoms with Gasteiger partial charge >= 0.3 is 0 Å². The first-order valence-electron chi connectivity index (χ1n) is 7.76. The lowest BCUT2D eigenvalue weighted by molar-refractivity contribution is -0.122. The van der Waals surface area contributed by atoms with Crippen molar-refractivity contribution in [3.8, 4) is 0 Å². The minimum atomic E-state index is -0.439. The molecule has 2 N–H and O–H groups in total. The summed E-state index contributed by atoms with van der Waals surface area (Å²) in [4.78, 5) is 26.5. The molecule has 1 aliphatic heterocycles. The third-order valence-corrected chi connectivity index (χ3v) is 4.92. The molecule has 4 nitrogen and oxygen atoms in total. The maximum Gasteiger partial charge on any atom is 0.254 e. The van der Waals surface area contributed by atoms with Gasteiger partial charge in [0.15, 0.2) is 0 Å². The molecule has 0 aromatic heterocycles. The normalized spacial score (nSPS) is 28.2. The molecule has 0 bridgehead atoms. The number of carbonyl (C=O) groups is 2. The van der Waals surface area contributed by atoms with Crippen molar-refractivity contribution < 1.29 is 9.59 Å². The summed E-state index contributed by atoms with van der Waals surface area (Å²) in [6, 6.07) is 7.31. The van der Waals surface area contributed by atoms with E-state index in [2.05, 4.69) is 0 Å². The van der Waals surface area contributed by atoms with Crippen LogP contribution in [0.5, 0.6) is 0 Å². The Labute approximate surface area is 125 Å². The van der Waals surface area contributed by atoms with E-state index in [0.29, 0.717) is 11.5 Å². The monoisotopic (exact) mass is 286 g/mol. The van der Waals surface area contributed by atoms with Crippen LogP contribution in [0.25, 0.3) is 0 Å². The number of likely N-dealkylation sites (tertiary alicyclic amines) is 1. The van der Waals surface area contributed by atoms with Gasteiger partial charge in [-0.2, -0.15) is 0 Å². The fourth-order valence-electron chi connectivity index (χ4n) is 3.93. The number of rotatable bonds is 2. The van der Waals surface area contributed by atoms with Gasteiger partial charge in [-0.1, -0.05) is 30.5 Å². The van der Waals surface area contributed by atoms with Gasteiger partial charge in [-0.05, 0) is 44.2 Å². The van der Waals surface area contributed by atoms with Crippen molar-refractivity contribution in [2.75, 3.05) is 0 Å². The molecule has 0 radical (unpaired) electrons. The van der Waals surface area contributed by atoms with Crippen molar-refractivity contribution in [2.45, 2.75) is 51.1 Å². The van der Waals surface area contributed by atoms with Gasteiger partial charge < -0.3 is 10.6 Å². The number of carbonyl (C=O) groups excluding carboxylic acids is 2. The average Bonchev–Trinajstić information content (AvgIpc) is 2.86. The number of amides is 2. The second kappa shape index (κ2) is 5.51. The molecule has 2 amide bonds. The van der Waals surface area contributed by atoms with Crippen LogP contribution in [0.3, 0.4) is 0 Å². The zero-order chi connectivity index (χ0) is 15.0. The lowest BCUT2D eigenvalue weighted by atomic mass is 9.84. The van der Waals surface area contributed by atoms with Crippen LogP contribution < -0.4 is 5.73 Å². The van der Waals surface area contributed by atoms with Crippen LogP contribution >= 0.6 is 0 Å². The Balaban J connectivity index is 1.92. The number of hydrogen-bond acceptors (Lipinski definition) is 2. The molecule has 2 aliphatic rings. The quantitative estimate of drug-likeness (QED) is 0.906. The van der Waals surface area contributed by atoms with Crippen LogP contribution in [0.1, 0.15) is 48.0 Å². The number of fused-ring (bicyclic) bond motifs is 1. The topological polar surface area (TPSA) is 63.4 Å². The van der Waals surface area contributed by atoms with E-state index in [1.54, 1.807) is 4.90 Å². The molecular weight excluding hydrogens is 264 g/mol. The number of benzene rings is 1. The second-order valence-corrected chi connectivity index (χ2v) is 6.35. The standard InChI is InChI=1S/C17H22N2O2/c1-11-5-4-7-13(9-11)17(21)19-14-8-3-2-6-12(14)10-15(19)16(18)20/h4-5,7,9,12,14-15H,2-3,6,8,10H2,1H3,(H2,18,20)/t12-,14+,15-/m0/s1. The van der Waals surface area contributed by atoms with Gasteiger partial charge in [0.1, 0.15) is 6.04 Å².